The standard InChI is InChI=1S/C10H26N4.C6H14N2O/c11-5-3-9-13-7-1-2-8-14-10-4-6-12;1-3-4(2)5(7)6(8)9/h13-14H,1-12H2;4-5H,3,7H2,1-2H3,(H2,8,9)/t;4-,5-/m.0/s1. The van der Waals surface area contributed by atoms with Gasteiger partial charge in [-0.3, -0.25) is 4.79 Å². The zero-order valence-corrected chi connectivity index (χ0v) is 15.2. The molecule has 10 N–H and O–H groups in total. The first-order chi connectivity index (χ1) is 11.0. The maximum atomic E-state index is 10.4. The Morgan fingerprint density at radius 2 is 1.30 bits per heavy atom. The van der Waals surface area contributed by atoms with Crippen molar-refractivity contribution in [1.29, 1.82) is 0 Å². The molecule has 0 aromatic heterocycles. The Balaban J connectivity index is 0. The van der Waals surface area contributed by atoms with Crippen LogP contribution in [0.1, 0.15) is 46.0 Å². The van der Waals surface area contributed by atoms with Crippen molar-refractivity contribution in [2.24, 2.45) is 28.9 Å². The van der Waals surface area contributed by atoms with Crippen LogP contribution in [0.5, 0.6) is 0 Å². The number of hydrogen-bond acceptors (Lipinski definition) is 6. The molecule has 0 rings (SSSR count). The molecule has 7 heteroatoms. The van der Waals surface area contributed by atoms with Crippen LogP contribution < -0.4 is 33.6 Å². The number of amides is 1. The molecule has 23 heavy (non-hydrogen) atoms. The largest absolute Gasteiger partial charge is 0.368 e. The van der Waals surface area contributed by atoms with E-state index in [1.165, 1.54) is 12.8 Å². The molecule has 0 heterocycles. The third-order valence-corrected chi connectivity index (χ3v) is 3.66. The predicted octanol–water partition coefficient (Wildman–Crippen LogP) is -0.511. The van der Waals surface area contributed by atoms with E-state index in [4.69, 9.17) is 22.9 Å². The molecular formula is C16H40N6O. The lowest BCUT2D eigenvalue weighted by molar-refractivity contribution is -0.120. The van der Waals surface area contributed by atoms with Gasteiger partial charge < -0.3 is 33.6 Å². The first-order valence-corrected chi connectivity index (χ1v) is 8.87. The van der Waals surface area contributed by atoms with Crippen molar-refractivity contribution in [2.75, 3.05) is 39.3 Å². The van der Waals surface area contributed by atoms with E-state index in [2.05, 4.69) is 10.6 Å². The summed E-state index contributed by atoms with van der Waals surface area (Å²) in [6.07, 6.45) is 5.52. The van der Waals surface area contributed by atoms with E-state index >= 15 is 0 Å². The molecule has 2 atom stereocenters. The Morgan fingerprint density at radius 1 is 0.913 bits per heavy atom. The fourth-order valence-electron chi connectivity index (χ4n) is 1.74. The van der Waals surface area contributed by atoms with E-state index in [0.29, 0.717) is 0 Å². The summed E-state index contributed by atoms with van der Waals surface area (Å²) in [5.41, 5.74) is 21.1. The molecule has 7 nitrogen and oxygen atoms in total. The van der Waals surface area contributed by atoms with Crippen LogP contribution in [0.4, 0.5) is 0 Å². The third-order valence-electron chi connectivity index (χ3n) is 3.66. The van der Waals surface area contributed by atoms with Gasteiger partial charge in [0.2, 0.25) is 5.91 Å². The van der Waals surface area contributed by atoms with Gasteiger partial charge in [0.15, 0.2) is 0 Å². The van der Waals surface area contributed by atoms with Gasteiger partial charge in [0.05, 0.1) is 6.04 Å². The van der Waals surface area contributed by atoms with Gasteiger partial charge in [0.1, 0.15) is 0 Å². The van der Waals surface area contributed by atoms with Gasteiger partial charge in [-0.15, -0.1) is 0 Å². The lowest BCUT2D eigenvalue weighted by Gasteiger charge is -2.13. The number of carbonyl (C=O) groups is 1. The maximum Gasteiger partial charge on any atom is 0.234 e. The van der Waals surface area contributed by atoms with Crippen LogP contribution in [0.3, 0.4) is 0 Å². The van der Waals surface area contributed by atoms with Gasteiger partial charge in [0, 0.05) is 0 Å². The molecule has 0 bridgehead atoms. The molecule has 0 unspecified atom stereocenters. The van der Waals surface area contributed by atoms with Crippen molar-refractivity contribution in [1.82, 2.24) is 10.6 Å². The summed E-state index contributed by atoms with van der Waals surface area (Å²) < 4.78 is 0. The van der Waals surface area contributed by atoms with Crippen molar-refractivity contribution in [3.8, 4) is 0 Å². The average Bonchev–Trinajstić information content (AvgIpc) is 2.55. The number of nitrogens with two attached hydrogens (primary N) is 4. The second-order valence-electron chi connectivity index (χ2n) is 5.81. The number of unbranched alkanes of at least 4 members (excludes halogenated alkanes) is 1. The second-order valence-corrected chi connectivity index (χ2v) is 5.81. The van der Waals surface area contributed by atoms with Crippen LogP contribution >= 0.6 is 0 Å². The van der Waals surface area contributed by atoms with E-state index in [0.717, 1.165) is 58.5 Å². The van der Waals surface area contributed by atoms with Crippen LogP contribution in [0.25, 0.3) is 0 Å². The van der Waals surface area contributed by atoms with Crippen LogP contribution in [-0.4, -0.2) is 51.2 Å². The molecule has 0 fully saturated rings. The Morgan fingerprint density at radius 3 is 1.57 bits per heavy atom. The van der Waals surface area contributed by atoms with Gasteiger partial charge in [0.25, 0.3) is 0 Å². The van der Waals surface area contributed by atoms with Crippen molar-refractivity contribution < 1.29 is 4.79 Å². The molecule has 0 aromatic carbocycles. The van der Waals surface area contributed by atoms with Gasteiger partial charge in [-0.2, -0.15) is 0 Å². The fraction of sp³-hybridized carbons (Fsp3) is 0.938. The van der Waals surface area contributed by atoms with Gasteiger partial charge in [-0.05, 0) is 70.9 Å². The molecule has 0 radical (unpaired) electrons. The first-order valence-electron chi connectivity index (χ1n) is 8.87. The van der Waals surface area contributed by atoms with E-state index in [-0.39, 0.29) is 5.92 Å². The molecule has 0 saturated carbocycles. The minimum atomic E-state index is -0.477. The summed E-state index contributed by atoms with van der Waals surface area (Å²) in [4.78, 5) is 10.4. The van der Waals surface area contributed by atoms with E-state index in [1.54, 1.807) is 0 Å². The fourth-order valence-corrected chi connectivity index (χ4v) is 1.74. The molecule has 0 spiro atoms. The highest BCUT2D eigenvalue weighted by Crippen LogP contribution is 2.03. The summed E-state index contributed by atoms with van der Waals surface area (Å²) in [7, 11) is 0. The third kappa shape index (κ3) is 19.2. The summed E-state index contributed by atoms with van der Waals surface area (Å²) >= 11 is 0. The molecule has 1 amide bonds. The highest BCUT2D eigenvalue weighted by atomic mass is 16.1. The Kier molecular flexibility index (Phi) is 20.6. The van der Waals surface area contributed by atoms with E-state index in [9.17, 15) is 4.79 Å². The minimum Gasteiger partial charge on any atom is -0.368 e. The summed E-state index contributed by atoms with van der Waals surface area (Å²) in [6.45, 7) is 9.79. The molecular weight excluding hydrogens is 292 g/mol. The van der Waals surface area contributed by atoms with Crippen LogP contribution in [-0.2, 0) is 4.79 Å². The molecule has 0 aromatic rings. The predicted molar refractivity (Wildman–Crippen MR) is 98.9 cm³/mol. The lowest BCUT2D eigenvalue weighted by atomic mass is 10.00. The van der Waals surface area contributed by atoms with Crippen LogP contribution in [0.2, 0.25) is 0 Å². The number of rotatable bonds is 14. The molecule has 0 aliphatic rings. The van der Waals surface area contributed by atoms with E-state index in [1.807, 2.05) is 13.8 Å². The Hall–Kier alpha value is -0.730. The number of hydrogen-bond donors (Lipinski definition) is 6. The zero-order chi connectivity index (χ0) is 17.9. The highest BCUT2D eigenvalue weighted by molar-refractivity contribution is 5.79. The number of nitrogens with one attached hydrogen (secondary N) is 2. The molecule has 0 aliphatic carbocycles. The quantitative estimate of drug-likeness (QED) is 0.236. The summed E-state index contributed by atoms with van der Waals surface area (Å²) in [5.74, 6) is -0.216. The number of primary amides is 1. The molecule has 140 valence electrons. The molecule has 0 saturated heterocycles. The normalized spacial score (nSPS) is 13.1. The Labute approximate surface area is 142 Å². The van der Waals surface area contributed by atoms with E-state index < -0.39 is 11.9 Å². The van der Waals surface area contributed by atoms with Crippen molar-refractivity contribution in [2.45, 2.75) is 52.0 Å². The van der Waals surface area contributed by atoms with Crippen LogP contribution in [0, 0.1) is 5.92 Å². The second kappa shape index (κ2) is 19.3. The average molecular weight is 333 g/mol. The summed E-state index contributed by atoms with van der Waals surface area (Å²) in [6, 6.07) is -0.477. The number of carbonyl (C=O) groups excluding carboxylic acids is 1. The Bertz CT molecular complexity index is 241. The van der Waals surface area contributed by atoms with Gasteiger partial charge in [-0.25, -0.2) is 0 Å². The van der Waals surface area contributed by atoms with Gasteiger partial charge in [-0.1, -0.05) is 20.3 Å². The zero-order valence-electron chi connectivity index (χ0n) is 15.2. The van der Waals surface area contributed by atoms with Crippen molar-refractivity contribution in [3.05, 3.63) is 0 Å². The summed E-state index contributed by atoms with van der Waals surface area (Å²) in [5, 5.41) is 6.72. The monoisotopic (exact) mass is 332 g/mol. The van der Waals surface area contributed by atoms with Crippen molar-refractivity contribution >= 4 is 5.91 Å². The van der Waals surface area contributed by atoms with Gasteiger partial charge >= 0.3 is 0 Å². The lowest BCUT2D eigenvalue weighted by Crippen LogP contribution is -2.41. The highest BCUT2D eigenvalue weighted by Gasteiger charge is 2.15. The van der Waals surface area contributed by atoms with Crippen molar-refractivity contribution in [3.63, 3.8) is 0 Å². The smallest absolute Gasteiger partial charge is 0.234 e. The minimum absolute atomic E-state index is 0.197. The topological polar surface area (TPSA) is 145 Å². The SMILES string of the molecule is CC[C@H](C)[C@H](N)C(N)=O.NCCCNCCCCNCCCN. The molecule has 0 aliphatic heterocycles. The maximum absolute atomic E-state index is 10.4. The van der Waals surface area contributed by atoms with Crippen LogP contribution in [0.15, 0.2) is 0 Å². The first kappa shape index (κ1) is 24.5.